The fourth-order valence-corrected chi connectivity index (χ4v) is 1.63. The van der Waals surface area contributed by atoms with E-state index in [-0.39, 0.29) is 0 Å². The van der Waals surface area contributed by atoms with Crippen LogP contribution in [-0.2, 0) is 6.54 Å². The Morgan fingerprint density at radius 2 is 1.71 bits per heavy atom. The molecule has 0 aliphatic rings. The largest absolute Gasteiger partial charge is 0.457 e. The maximum atomic E-state index is 5.95. The van der Waals surface area contributed by atoms with Gasteiger partial charge >= 0.3 is 0 Å². The highest BCUT2D eigenvalue weighted by Gasteiger charge is 2.00. The second-order valence-electron chi connectivity index (χ2n) is 3.86. The number of nitrogens with two attached hydrogens (primary N) is 1. The summed E-state index contributed by atoms with van der Waals surface area (Å²) in [5.74, 6) is 1.58. The highest BCUT2D eigenvalue weighted by molar-refractivity contribution is 6.31. The van der Waals surface area contributed by atoms with Crippen LogP contribution < -0.4 is 10.5 Å². The molecule has 2 aromatic carbocycles. The minimum atomic E-state index is 0.542. The Morgan fingerprint density at radius 1 is 1.06 bits per heavy atom. The van der Waals surface area contributed by atoms with Crippen molar-refractivity contribution in [3.8, 4) is 11.5 Å². The summed E-state index contributed by atoms with van der Waals surface area (Å²) >= 11 is 5.95. The van der Waals surface area contributed by atoms with Gasteiger partial charge in [-0.25, -0.2) is 0 Å². The normalized spacial score (nSPS) is 10.3. The van der Waals surface area contributed by atoms with E-state index in [1.807, 2.05) is 49.4 Å². The fraction of sp³-hybridized carbons (Fsp3) is 0.143. The van der Waals surface area contributed by atoms with Gasteiger partial charge in [0.25, 0.3) is 0 Å². The van der Waals surface area contributed by atoms with Crippen molar-refractivity contribution in [3.63, 3.8) is 0 Å². The van der Waals surface area contributed by atoms with Gasteiger partial charge in [-0.15, -0.1) is 0 Å². The zero-order valence-electron chi connectivity index (χ0n) is 9.61. The predicted molar refractivity (Wildman–Crippen MR) is 70.6 cm³/mol. The molecule has 0 fully saturated rings. The van der Waals surface area contributed by atoms with Crippen LogP contribution in [0, 0.1) is 6.92 Å². The molecule has 0 aliphatic carbocycles. The van der Waals surface area contributed by atoms with Crippen LogP contribution in [0.3, 0.4) is 0 Å². The predicted octanol–water partition coefficient (Wildman–Crippen LogP) is 3.90. The van der Waals surface area contributed by atoms with E-state index in [4.69, 9.17) is 22.1 Å². The summed E-state index contributed by atoms with van der Waals surface area (Å²) in [6, 6.07) is 13.3. The Balaban J connectivity index is 2.16. The quantitative estimate of drug-likeness (QED) is 0.893. The number of aryl methyl sites for hydroxylation is 1. The number of ether oxygens (including phenoxy) is 1. The van der Waals surface area contributed by atoms with Gasteiger partial charge in [0, 0.05) is 11.6 Å². The lowest BCUT2D eigenvalue weighted by atomic mass is 10.2. The SMILES string of the molecule is Cc1cc(Oc2ccc(CN)cc2)ccc1Cl. The molecular weight excluding hydrogens is 234 g/mol. The summed E-state index contributed by atoms with van der Waals surface area (Å²) in [5, 5.41) is 0.746. The molecule has 2 N–H and O–H groups in total. The van der Waals surface area contributed by atoms with Gasteiger partial charge in [-0.2, -0.15) is 0 Å². The molecule has 0 amide bonds. The van der Waals surface area contributed by atoms with Crippen LogP contribution >= 0.6 is 11.6 Å². The molecule has 2 rings (SSSR count). The van der Waals surface area contributed by atoms with Crippen LogP contribution in [0.15, 0.2) is 42.5 Å². The summed E-state index contributed by atoms with van der Waals surface area (Å²) in [7, 11) is 0. The molecule has 0 aliphatic heterocycles. The van der Waals surface area contributed by atoms with E-state index in [2.05, 4.69) is 0 Å². The third-order valence-electron chi connectivity index (χ3n) is 2.52. The lowest BCUT2D eigenvalue weighted by Crippen LogP contribution is -1.95. The molecule has 2 nitrogen and oxygen atoms in total. The maximum Gasteiger partial charge on any atom is 0.127 e. The van der Waals surface area contributed by atoms with E-state index in [0.717, 1.165) is 27.6 Å². The Bertz CT molecular complexity index is 508. The smallest absolute Gasteiger partial charge is 0.127 e. The van der Waals surface area contributed by atoms with E-state index < -0.39 is 0 Å². The molecular formula is C14H14ClNO. The van der Waals surface area contributed by atoms with E-state index in [9.17, 15) is 0 Å². The van der Waals surface area contributed by atoms with Gasteiger partial charge < -0.3 is 10.5 Å². The molecule has 0 spiro atoms. The summed E-state index contributed by atoms with van der Waals surface area (Å²) < 4.78 is 5.71. The first-order valence-electron chi connectivity index (χ1n) is 5.42. The van der Waals surface area contributed by atoms with Crippen LogP contribution in [0.2, 0.25) is 5.02 Å². The summed E-state index contributed by atoms with van der Waals surface area (Å²) in [4.78, 5) is 0. The first-order valence-corrected chi connectivity index (χ1v) is 5.80. The van der Waals surface area contributed by atoms with Crippen LogP contribution in [-0.4, -0.2) is 0 Å². The topological polar surface area (TPSA) is 35.2 Å². The first kappa shape index (κ1) is 12.0. The van der Waals surface area contributed by atoms with Crippen LogP contribution in [0.1, 0.15) is 11.1 Å². The van der Waals surface area contributed by atoms with Gasteiger partial charge in [-0.05, 0) is 48.4 Å². The number of rotatable bonds is 3. The van der Waals surface area contributed by atoms with Crippen LogP contribution in [0.25, 0.3) is 0 Å². The van der Waals surface area contributed by atoms with Gasteiger partial charge in [0.2, 0.25) is 0 Å². The van der Waals surface area contributed by atoms with E-state index in [1.54, 1.807) is 0 Å². The highest BCUT2D eigenvalue weighted by atomic mass is 35.5. The number of halogens is 1. The van der Waals surface area contributed by atoms with Crippen molar-refractivity contribution in [2.45, 2.75) is 13.5 Å². The van der Waals surface area contributed by atoms with Gasteiger partial charge in [0.1, 0.15) is 11.5 Å². The number of benzene rings is 2. The zero-order chi connectivity index (χ0) is 12.3. The summed E-state index contributed by atoms with van der Waals surface area (Å²) in [5.41, 5.74) is 7.62. The van der Waals surface area contributed by atoms with Crippen molar-refractivity contribution in [2.24, 2.45) is 5.73 Å². The van der Waals surface area contributed by atoms with Gasteiger partial charge in [-0.1, -0.05) is 23.7 Å². The first-order chi connectivity index (χ1) is 8.19. The molecule has 0 saturated carbocycles. The minimum absolute atomic E-state index is 0.542. The molecule has 2 aromatic rings. The lowest BCUT2D eigenvalue weighted by molar-refractivity contribution is 0.482. The Morgan fingerprint density at radius 3 is 2.29 bits per heavy atom. The maximum absolute atomic E-state index is 5.95. The minimum Gasteiger partial charge on any atom is -0.457 e. The molecule has 88 valence electrons. The average Bonchev–Trinajstić information content (AvgIpc) is 2.35. The average molecular weight is 248 g/mol. The molecule has 0 heterocycles. The summed E-state index contributed by atoms with van der Waals surface area (Å²) in [6.07, 6.45) is 0. The summed E-state index contributed by atoms with van der Waals surface area (Å²) in [6.45, 7) is 2.49. The third kappa shape index (κ3) is 2.99. The molecule has 0 aromatic heterocycles. The number of hydrogen-bond acceptors (Lipinski definition) is 2. The molecule has 3 heteroatoms. The number of hydrogen-bond donors (Lipinski definition) is 1. The van der Waals surface area contributed by atoms with Crippen molar-refractivity contribution in [2.75, 3.05) is 0 Å². The molecule has 17 heavy (non-hydrogen) atoms. The molecule has 0 unspecified atom stereocenters. The van der Waals surface area contributed by atoms with Crippen molar-refractivity contribution < 1.29 is 4.74 Å². The molecule has 0 bridgehead atoms. The van der Waals surface area contributed by atoms with Crippen LogP contribution in [0.4, 0.5) is 0 Å². The molecule has 0 radical (unpaired) electrons. The van der Waals surface area contributed by atoms with Gasteiger partial charge in [0.05, 0.1) is 0 Å². The Labute approximate surface area is 106 Å². The second-order valence-corrected chi connectivity index (χ2v) is 4.27. The standard InChI is InChI=1S/C14H14ClNO/c1-10-8-13(6-7-14(10)15)17-12-4-2-11(9-16)3-5-12/h2-8H,9,16H2,1H3. The lowest BCUT2D eigenvalue weighted by Gasteiger charge is -2.07. The van der Waals surface area contributed by atoms with Crippen molar-refractivity contribution >= 4 is 11.6 Å². The van der Waals surface area contributed by atoms with E-state index >= 15 is 0 Å². The van der Waals surface area contributed by atoms with E-state index in [1.165, 1.54) is 0 Å². The monoisotopic (exact) mass is 247 g/mol. The Kier molecular flexibility index (Phi) is 3.67. The molecule has 0 atom stereocenters. The second kappa shape index (κ2) is 5.21. The highest BCUT2D eigenvalue weighted by Crippen LogP contribution is 2.25. The fourth-order valence-electron chi connectivity index (χ4n) is 1.51. The molecule has 0 saturated heterocycles. The van der Waals surface area contributed by atoms with Crippen molar-refractivity contribution in [1.29, 1.82) is 0 Å². The van der Waals surface area contributed by atoms with Gasteiger partial charge in [0.15, 0.2) is 0 Å². The Hall–Kier alpha value is -1.51. The zero-order valence-corrected chi connectivity index (χ0v) is 10.4. The van der Waals surface area contributed by atoms with Crippen LogP contribution in [0.5, 0.6) is 11.5 Å². The van der Waals surface area contributed by atoms with E-state index in [0.29, 0.717) is 6.54 Å². The van der Waals surface area contributed by atoms with Gasteiger partial charge in [-0.3, -0.25) is 0 Å². The van der Waals surface area contributed by atoms with Crippen molar-refractivity contribution in [1.82, 2.24) is 0 Å². The third-order valence-corrected chi connectivity index (χ3v) is 2.95. The van der Waals surface area contributed by atoms with Crippen molar-refractivity contribution in [3.05, 3.63) is 58.6 Å².